The Bertz CT molecular complexity index is 648. The van der Waals surface area contributed by atoms with Crippen molar-refractivity contribution >= 4 is 37.6 Å². The number of hydrogen-bond donors (Lipinski definition) is 1. The van der Waals surface area contributed by atoms with Crippen molar-refractivity contribution in [3.63, 3.8) is 0 Å². The minimum Gasteiger partial charge on any atom is -0.465 e. The summed E-state index contributed by atoms with van der Waals surface area (Å²) in [6, 6.07) is 3.81. The second-order valence-corrected chi connectivity index (χ2v) is 7.48. The lowest BCUT2D eigenvalue weighted by molar-refractivity contribution is -0.146. The highest BCUT2D eigenvalue weighted by Crippen LogP contribution is 2.31. The summed E-state index contributed by atoms with van der Waals surface area (Å²) >= 11 is 3.24. The van der Waals surface area contributed by atoms with Gasteiger partial charge in [0.25, 0.3) is 0 Å². The minimum atomic E-state index is -3.81. The molecule has 0 radical (unpaired) electrons. The smallest absolute Gasteiger partial charge is 0.324 e. The van der Waals surface area contributed by atoms with Crippen molar-refractivity contribution in [1.29, 1.82) is 0 Å². The average molecular weight is 377 g/mol. The van der Waals surface area contributed by atoms with Gasteiger partial charge in [0.15, 0.2) is 0 Å². The van der Waals surface area contributed by atoms with Crippen molar-refractivity contribution in [3.8, 4) is 0 Å². The molecule has 0 amide bonds. The van der Waals surface area contributed by atoms with E-state index in [4.69, 9.17) is 10.5 Å². The number of ether oxygens (including phenoxy) is 1. The quantitative estimate of drug-likeness (QED) is 0.638. The van der Waals surface area contributed by atoms with Crippen molar-refractivity contribution in [3.05, 3.63) is 22.7 Å². The van der Waals surface area contributed by atoms with Gasteiger partial charge in [-0.2, -0.15) is 4.31 Å². The van der Waals surface area contributed by atoms with E-state index in [0.29, 0.717) is 23.9 Å². The van der Waals surface area contributed by atoms with Gasteiger partial charge in [-0.15, -0.1) is 0 Å². The number of nitrogens with two attached hydrogens (primary N) is 1. The number of benzene rings is 1. The molecule has 2 N–H and O–H groups in total. The van der Waals surface area contributed by atoms with Gasteiger partial charge in [0.05, 0.1) is 12.3 Å². The maximum absolute atomic E-state index is 12.7. The summed E-state index contributed by atoms with van der Waals surface area (Å²) in [6.45, 7) is 2.21. The molecule has 1 aliphatic rings. The molecule has 1 saturated heterocycles. The van der Waals surface area contributed by atoms with Gasteiger partial charge in [0, 0.05) is 11.0 Å². The van der Waals surface area contributed by atoms with Crippen LogP contribution in [-0.2, 0) is 19.6 Å². The Balaban J connectivity index is 2.36. The van der Waals surface area contributed by atoms with Crippen molar-refractivity contribution in [1.82, 2.24) is 4.31 Å². The maximum atomic E-state index is 12.7. The zero-order chi connectivity index (χ0) is 15.6. The summed E-state index contributed by atoms with van der Waals surface area (Å²) < 4.78 is 32.3. The first-order chi connectivity index (χ1) is 9.87. The number of nitrogen functional groups attached to an aromatic ring is 1. The fourth-order valence-corrected chi connectivity index (χ4v) is 4.51. The lowest BCUT2D eigenvalue weighted by Crippen LogP contribution is -2.41. The normalized spacial score (nSPS) is 19.6. The van der Waals surface area contributed by atoms with E-state index in [1.165, 1.54) is 16.4 Å². The molecular weight excluding hydrogens is 360 g/mol. The number of carbonyl (C=O) groups is 1. The van der Waals surface area contributed by atoms with Gasteiger partial charge in [0.1, 0.15) is 10.9 Å². The third kappa shape index (κ3) is 3.22. The lowest BCUT2D eigenvalue weighted by atomic mass is 10.2. The first-order valence-electron chi connectivity index (χ1n) is 6.61. The molecule has 6 nitrogen and oxygen atoms in total. The van der Waals surface area contributed by atoms with Gasteiger partial charge < -0.3 is 10.5 Å². The highest BCUT2D eigenvalue weighted by atomic mass is 79.9. The zero-order valence-corrected chi connectivity index (χ0v) is 14.0. The van der Waals surface area contributed by atoms with Crippen LogP contribution in [0.4, 0.5) is 5.69 Å². The third-order valence-corrected chi connectivity index (χ3v) is 5.80. The first-order valence-corrected chi connectivity index (χ1v) is 8.84. The highest BCUT2D eigenvalue weighted by molar-refractivity contribution is 9.10. The zero-order valence-electron chi connectivity index (χ0n) is 11.6. The fraction of sp³-hybridized carbons (Fsp3) is 0.462. The van der Waals surface area contributed by atoms with Crippen LogP contribution in [0.15, 0.2) is 27.6 Å². The lowest BCUT2D eigenvalue weighted by Gasteiger charge is -2.23. The molecule has 21 heavy (non-hydrogen) atoms. The van der Waals surface area contributed by atoms with E-state index in [2.05, 4.69) is 15.9 Å². The molecule has 0 aromatic heterocycles. The average Bonchev–Trinajstić information content (AvgIpc) is 2.88. The number of nitrogens with zero attached hydrogens (tertiary/aromatic N) is 1. The van der Waals surface area contributed by atoms with Crippen LogP contribution in [0.1, 0.15) is 19.8 Å². The fourth-order valence-electron chi connectivity index (χ4n) is 2.38. The van der Waals surface area contributed by atoms with Crippen LogP contribution in [0.3, 0.4) is 0 Å². The Hall–Kier alpha value is -1.12. The van der Waals surface area contributed by atoms with Gasteiger partial charge in [-0.1, -0.05) is 15.9 Å². The Morgan fingerprint density at radius 1 is 1.52 bits per heavy atom. The van der Waals surface area contributed by atoms with Crippen LogP contribution < -0.4 is 5.73 Å². The van der Waals surface area contributed by atoms with Gasteiger partial charge in [-0.25, -0.2) is 8.42 Å². The SMILES string of the molecule is CCOC(=O)C1CCCN1S(=O)(=O)c1ccc(Br)cc1N. The summed E-state index contributed by atoms with van der Waals surface area (Å²) in [4.78, 5) is 11.9. The summed E-state index contributed by atoms with van der Waals surface area (Å²) in [5, 5.41) is 0. The predicted octanol–water partition coefficient (Wildman–Crippen LogP) is 1.75. The second-order valence-electron chi connectivity index (χ2n) is 4.71. The van der Waals surface area contributed by atoms with E-state index < -0.39 is 22.0 Å². The Kier molecular flexibility index (Phi) is 4.90. The molecular formula is C13H17BrN2O4S. The Labute approximate surface area is 132 Å². The number of carbonyl (C=O) groups excluding carboxylic acids is 1. The number of anilines is 1. The van der Waals surface area contributed by atoms with Crippen LogP contribution in [-0.4, -0.2) is 37.9 Å². The molecule has 1 heterocycles. The van der Waals surface area contributed by atoms with Gasteiger partial charge in [0.2, 0.25) is 10.0 Å². The molecule has 0 spiro atoms. The standard InChI is InChI=1S/C13H17BrN2O4S/c1-2-20-13(17)11-4-3-7-16(11)21(18,19)12-6-5-9(14)8-10(12)15/h5-6,8,11H,2-4,7,15H2,1H3. The topological polar surface area (TPSA) is 89.7 Å². The van der Waals surface area contributed by atoms with Crippen LogP contribution in [0.2, 0.25) is 0 Å². The Morgan fingerprint density at radius 2 is 2.24 bits per heavy atom. The number of halogens is 1. The number of hydrogen-bond acceptors (Lipinski definition) is 5. The number of rotatable bonds is 4. The monoisotopic (exact) mass is 376 g/mol. The van der Waals surface area contributed by atoms with Gasteiger partial charge >= 0.3 is 5.97 Å². The van der Waals surface area contributed by atoms with E-state index >= 15 is 0 Å². The molecule has 0 bridgehead atoms. The van der Waals surface area contributed by atoms with Crippen molar-refractivity contribution in [2.45, 2.75) is 30.7 Å². The van der Waals surface area contributed by atoms with E-state index in [1.54, 1.807) is 13.0 Å². The van der Waals surface area contributed by atoms with E-state index in [-0.39, 0.29) is 17.2 Å². The molecule has 116 valence electrons. The molecule has 1 aliphatic heterocycles. The largest absolute Gasteiger partial charge is 0.465 e. The maximum Gasteiger partial charge on any atom is 0.324 e. The minimum absolute atomic E-state index is 0.0156. The summed E-state index contributed by atoms with van der Waals surface area (Å²) in [6.07, 6.45) is 1.09. The van der Waals surface area contributed by atoms with Gasteiger partial charge in [-0.3, -0.25) is 4.79 Å². The highest BCUT2D eigenvalue weighted by Gasteiger charge is 2.40. The first kappa shape index (κ1) is 16.3. The summed E-state index contributed by atoms with van der Waals surface area (Å²) in [7, 11) is -3.81. The van der Waals surface area contributed by atoms with Crippen LogP contribution in [0.25, 0.3) is 0 Å². The molecule has 0 aliphatic carbocycles. The Morgan fingerprint density at radius 3 is 2.86 bits per heavy atom. The van der Waals surface area contributed by atoms with Crippen molar-refractivity contribution in [2.24, 2.45) is 0 Å². The van der Waals surface area contributed by atoms with E-state index in [1.807, 2.05) is 0 Å². The molecule has 1 atom stereocenters. The summed E-state index contributed by atoms with van der Waals surface area (Å²) in [5.41, 5.74) is 5.96. The third-order valence-electron chi connectivity index (χ3n) is 3.32. The number of esters is 1. The van der Waals surface area contributed by atoms with Crippen LogP contribution in [0.5, 0.6) is 0 Å². The molecule has 1 unspecified atom stereocenters. The molecule has 1 fully saturated rings. The van der Waals surface area contributed by atoms with E-state index in [9.17, 15) is 13.2 Å². The van der Waals surface area contributed by atoms with Gasteiger partial charge in [-0.05, 0) is 38.0 Å². The molecule has 2 rings (SSSR count). The van der Waals surface area contributed by atoms with Crippen LogP contribution in [0, 0.1) is 0 Å². The molecule has 0 saturated carbocycles. The molecule has 1 aromatic rings. The second kappa shape index (κ2) is 6.33. The van der Waals surface area contributed by atoms with Crippen LogP contribution >= 0.6 is 15.9 Å². The summed E-state index contributed by atoms with van der Waals surface area (Å²) in [5.74, 6) is -0.505. The molecule has 8 heteroatoms. The van der Waals surface area contributed by atoms with Crippen molar-refractivity contribution in [2.75, 3.05) is 18.9 Å². The van der Waals surface area contributed by atoms with Crippen molar-refractivity contribution < 1.29 is 17.9 Å². The predicted molar refractivity (Wildman–Crippen MR) is 82.1 cm³/mol. The molecule has 1 aromatic carbocycles. The number of sulfonamides is 1. The van der Waals surface area contributed by atoms with E-state index in [0.717, 1.165) is 0 Å².